The van der Waals surface area contributed by atoms with Crippen LogP contribution >= 0.6 is 15.6 Å². The number of aliphatic hydroxyl groups excluding tert-OH is 3. The van der Waals surface area contributed by atoms with E-state index in [0.29, 0.717) is 0 Å². The van der Waals surface area contributed by atoms with Crippen molar-refractivity contribution in [2.75, 3.05) is 6.61 Å². The number of aldehydes is 1. The number of hydrogen-bond acceptors (Lipinski definition) is 8. The lowest BCUT2D eigenvalue weighted by Gasteiger charge is -2.20. The first-order valence-corrected chi connectivity index (χ1v) is 7.25. The molecule has 6 N–H and O–H groups in total. The molecule has 0 saturated carbocycles. The first-order chi connectivity index (χ1) is 7.98. The monoisotopic (exact) mass is 310 g/mol. The van der Waals surface area contributed by atoms with Crippen LogP contribution in [0.1, 0.15) is 0 Å². The van der Waals surface area contributed by atoms with E-state index in [0.717, 1.165) is 0 Å². The Hall–Kier alpha value is -0.190. The Morgan fingerprint density at radius 3 is 2.00 bits per heavy atom. The first kappa shape index (κ1) is 17.8. The standard InChI is InChI=1S/C5H12O11P2/c6-1-3(7)5(9)4(8)2-15-18(13,14)16-17(10,11)12/h1,3-5,7-9H,2H2,(H,13,14)(H2,10,11,12)/t3-,4+,5-/m0/s1. The van der Waals surface area contributed by atoms with Gasteiger partial charge in [0, 0.05) is 0 Å². The summed E-state index contributed by atoms with van der Waals surface area (Å²) in [6.45, 7) is -1.11. The van der Waals surface area contributed by atoms with Gasteiger partial charge in [-0.05, 0) is 0 Å². The summed E-state index contributed by atoms with van der Waals surface area (Å²) >= 11 is 0. The number of rotatable bonds is 8. The van der Waals surface area contributed by atoms with Crippen molar-refractivity contribution in [2.45, 2.75) is 18.3 Å². The van der Waals surface area contributed by atoms with E-state index in [1.165, 1.54) is 0 Å². The zero-order valence-electron chi connectivity index (χ0n) is 8.64. The molecule has 0 aliphatic heterocycles. The normalized spacial score (nSPS) is 20.8. The molecule has 0 radical (unpaired) electrons. The fourth-order valence-electron chi connectivity index (χ4n) is 0.735. The van der Waals surface area contributed by atoms with Gasteiger partial charge in [-0.3, -0.25) is 4.52 Å². The van der Waals surface area contributed by atoms with E-state index in [1.54, 1.807) is 0 Å². The van der Waals surface area contributed by atoms with Gasteiger partial charge < -0.3 is 34.8 Å². The minimum atomic E-state index is -5.28. The summed E-state index contributed by atoms with van der Waals surface area (Å²) < 4.78 is 28.4. The smallest absolute Gasteiger partial charge is 0.388 e. The summed E-state index contributed by atoms with van der Waals surface area (Å²) in [5.41, 5.74) is 0. The molecule has 11 nitrogen and oxygen atoms in total. The molecule has 18 heavy (non-hydrogen) atoms. The van der Waals surface area contributed by atoms with Gasteiger partial charge in [-0.2, -0.15) is 4.31 Å². The maximum absolute atomic E-state index is 10.9. The molecule has 0 aromatic heterocycles. The molecule has 0 aliphatic carbocycles. The highest BCUT2D eigenvalue weighted by molar-refractivity contribution is 7.60. The van der Waals surface area contributed by atoms with E-state index < -0.39 is 40.6 Å². The van der Waals surface area contributed by atoms with Crippen LogP contribution in [0.4, 0.5) is 0 Å². The summed E-state index contributed by atoms with van der Waals surface area (Å²) in [5.74, 6) is 0. The average Bonchev–Trinajstić information content (AvgIpc) is 2.20. The van der Waals surface area contributed by atoms with Crippen molar-refractivity contribution in [3.63, 3.8) is 0 Å². The van der Waals surface area contributed by atoms with E-state index in [4.69, 9.17) is 30.0 Å². The van der Waals surface area contributed by atoms with Crippen LogP contribution in [0.3, 0.4) is 0 Å². The molecule has 108 valence electrons. The van der Waals surface area contributed by atoms with Crippen LogP contribution in [0.25, 0.3) is 0 Å². The van der Waals surface area contributed by atoms with Crippen molar-refractivity contribution < 1.29 is 52.8 Å². The van der Waals surface area contributed by atoms with Crippen molar-refractivity contribution in [3.8, 4) is 0 Å². The highest BCUT2D eigenvalue weighted by Gasteiger charge is 2.34. The van der Waals surface area contributed by atoms with Crippen LogP contribution in [-0.4, -0.2) is 61.2 Å². The summed E-state index contributed by atoms with van der Waals surface area (Å²) in [6.07, 6.45) is -6.01. The molecule has 4 atom stereocenters. The van der Waals surface area contributed by atoms with E-state index >= 15 is 0 Å². The SMILES string of the molecule is O=C[C@H](O)[C@H](O)[C@H](O)COP(=O)(O)OP(=O)(O)O. The fourth-order valence-corrected chi connectivity index (χ4v) is 2.34. The van der Waals surface area contributed by atoms with Crippen LogP contribution < -0.4 is 0 Å². The molecule has 1 unspecified atom stereocenters. The molecule has 0 fully saturated rings. The summed E-state index contributed by atoms with van der Waals surface area (Å²) in [4.78, 5) is 35.3. The number of carbonyl (C=O) groups is 1. The number of aliphatic hydroxyl groups is 3. The highest BCUT2D eigenvalue weighted by atomic mass is 31.3. The molecule has 13 heteroatoms. The summed E-state index contributed by atoms with van der Waals surface area (Å²) in [7, 11) is -10.4. The van der Waals surface area contributed by atoms with Crippen LogP contribution in [-0.2, 0) is 22.8 Å². The third-order valence-corrected chi connectivity index (χ3v) is 3.65. The van der Waals surface area contributed by atoms with Gasteiger partial charge in [0.25, 0.3) is 0 Å². The highest BCUT2D eigenvalue weighted by Crippen LogP contribution is 2.57. The van der Waals surface area contributed by atoms with Crippen LogP contribution in [0.5, 0.6) is 0 Å². The third kappa shape index (κ3) is 7.29. The van der Waals surface area contributed by atoms with Gasteiger partial charge >= 0.3 is 15.6 Å². The van der Waals surface area contributed by atoms with Gasteiger partial charge in [-0.15, -0.1) is 0 Å². The van der Waals surface area contributed by atoms with Crippen molar-refractivity contribution >= 4 is 21.9 Å². The van der Waals surface area contributed by atoms with E-state index in [2.05, 4.69) is 8.83 Å². The van der Waals surface area contributed by atoms with Crippen LogP contribution in [0.2, 0.25) is 0 Å². The van der Waals surface area contributed by atoms with Gasteiger partial charge in [-0.25, -0.2) is 9.13 Å². The molecule has 0 aliphatic rings. The lowest BCUT2D eigenvalue weighted by molar-refractivity contribution is -0.127. The minimum Gasteiger partial charge on any atom is -0.388 e. The lowest BCUT2D eigenvalue weighted by atomic mass is 10.1. The van der Waals surface area contributed by atoms with Crippen molar-refractivity contribution in [1.29, 1.82) is 0 Å². The van der Waals surface area contributed by atoms with E-state index in [1.807, 2.05) is 0 Å². The topological polar surface area (TPSA) is 191 Å². The predicted molar refractivity (Wildman–Crippen MR) is 53.0 cm³/mol. The molecule has 0 heterocycles. The fraction of sp³-hybridized carbons (Fsp3) is 0.800. The van der Waals surface area contributed by atoms with Gasteiger partial charge in [-0.1, -0.05) is 0 Å². The average molecular weight is 310 g/mol. The Labute approximate surface area is 100 Å². The zero-order valence-corrected chi connectivity index (χ0v) is 10.4. The van der Waals surface area contributed by atoms with Gasteiger partial charge in [0.15, 0.2) is 6.29 Å². The number of carbonyl (C=O) groups excluding carboxylic acids is 1. The van der Waals surface area contributed by atoms with Crippen molar-refractivity contribution in [1.82, 2.24) is 0 Å². The largest absolute Gasteiger partial charge is 0.481 e. The van der Waals surface area contributed by atoms with Crippen molar-refractivity contribution in [2.24, 2.45) is 0 Å². The Balaban J connectivity index is 4.36. The van der Waals surface area contributed by atoms with E-state index in [-0.39, 0.29) is 6.29 Å². The summed E-state index contributed by atoms with van der Waals surface area (Å²) in [5, 5.41) is 26.9. The predicted octanol–water partition coefficient (Wildman–Crippen LogP) is -2.51. The molecule has 0 aromatic rings. The second kappa shape index (κ2) is 6.83. The van der Waals surface area contributed by atoms with E-state index in [9.17, 15) is 13.9 Å². The molecule has 0 amide bonds. The second-order valence-electron chi connectivity index (χ2n) is 3.02. The number of phosphoric acid groups is 2. The van der Waals surface area contributed by atoms with Gasteiger partial charge in [0.2, 0.25) is 0 Å². The lowest BCUT2D eigenvalue weighted by Crippen LogP contribution is -2.40. The number of hydrogen-bond donors (Lipinski definition) is 6. The first-order valence-electron chi connectivity index (χ1n) is 4.22. The third-order valence-electron chi connectivity index (χ3n) is 1.50. The molecule has 0 rings (SSSR count). The molecule has 0 aromatic carbocycles. The molecule has 0 spiro atoms. The Kier molecular flexibility index (Phi) is 6.75. The number of phosphoric ester groups is 1. The van der Waals surface area contributed by atoms with Gasteiger partial charge in [0.1, 0.15) is 18.3 Å². The maximum Gasteiger partial charge on any atom is 0.481 e. The molecular formula is C5H12O11P2. The second-order valence-corrected chi connectivity index (χ2v) is 5.85. The van der Waals surface area contributed by atoms with Gasteiger partial charge in [0.05, 0.1) is 6.61 Å². The molecular weight excluding hydrogens is 298 g/mol. The quantitative estimate of drug-likeness (QED) is 0.205. The van der Waals surface area contributed by atoms with Crippen molar-refractivity contribution in [3.05, 3.63) is 0 Å². The van der Waals surface area contributed by atoms with Crippen LogP contribution in [0.15, 0.2) is 0 Å². The Bertz CT molecular complexity index is 362. The Morgan fingerprint density at radius 2 is 1.61 bits per heavy atom. The molecule has 0 saturated heterocycles. The minimum absolute atomic E-state index is 0.0986. The maximum atomic E-state index is 10.9. The zero-order chi connectivity index (χ0) is 14.6. The summed E-state index contributed by atoms with van der Waals surface area (Å²) in [6, 6.07) is 0. The Morgan fingerprint density at radius 1 is 1.11 bits per heavy atom. The molecule has 0 bridgehead atoms. The van der Waals surface area contributed by atoms with Crippen LogP contribution in [0, 0.1) is 0 Å².